The van der Waals surface area contributed by atoms with Gasteiger partial charge < -0.3 is 19.7 Å². The van der Waals surface area contributed by atoms with Gasteiger partial charge >= 0.3 is 0 Å². The minimum atomic E-state index is -0.195. The van der Waals surface area contributed by atoms with Crippen molar-refractivity contribution >= 4 is 34.8 Å². The van der Waals surface area contributed by atoms with E-state index < -0.39 is 0 Å². The number of nitrogens with one attached hydrogen (secondary N) is 1. The third-order valence-electron chi connectivity index (χ3n) is 3.74. The summed E-state index contributed by atoms with van der Waals surface area (Å²) in [6.45, 7) is 1.92. The van der Waals surface area contributed by atoms with Gasteiger partial charge in [0.25, 0.3) is 0 Å². The van der Waals surface area contributed by atoms with Gasteiger partial charge in [0, 0.05) is 42.4 Å². The second-order valence-corrected chi connectivity index (χ2v) is 5.95. The highest BCUT2D eigenvalue weighted by Gasteiger charge is 2.16. The van der Waals surface area contributed by atoms with E-state index in [0.29, 0.717) is 27.9 Å². The van der Waals surface area contributed by atoms with Crippen LogP contribution in [0.15, 0.2) is 42.5 Å². The molecule has 0 saturated carbocycles. The van der Waals surface area contributed by atoms with E-state index in [9.17, 15) is 9.59 Å². The van der Waals surface area contributed by atoms with Crippen LogP contribution in [0.1, 0.15) is 13.3 Å². The summed E-state index contributed by atoms with van der Waals surface area (Å²) in [4.78, 5) is 25.6. The van der Waals surface area contributed by atoms with E-state index in [1.165, 1.54) is 11.8 Å². The van der Waals surface area contributed by atoms with Crippen LogP contribution in [0.5, 0.6) is 11.5 Å². The number of carbonyl (C=O) groups is 2. The van der Waals surface area contributed by atoms with Gasteiger partial charge in [-0.15, -0.1) is 0 Å². The second-order valence-electron chi connectivity index (χ2n) is 5.51. The van der Waals surface area contributed by atoms with Crippen LogP contribution in [-0.2, 0) is 9.59 Å². The van der Waals surface area contributed by atoms with Gasteiger partial charge in [0.2, 0.25) is 18.6 Å². The standard InChI is InChI=1S/C18H17ClN2O4/c1-12(22)21(15-5-2-13(19)3-6-15)9-8-18(23)20-14-4-7-16-17(10-14)25-11-24-16/h2-7,10H,8-9,11H2,1H3,(H,20,23). The molecule has 2 aromatic carbocycles. The lowest BCUT2D eigenvalue weighted by Gasteiger charge is -2.21. The maximum absolute atomic E-state index is 12.2. The number of benzene rings is 2. The van der Waals surface area contributed by atoms with Gasteiger partial charge in [0.05, 0.1) is 0 Å². The van der Waals surface area contributed by atoms with Crippen molar-refractivity contribution in [3.8, 4) is 11.5 Å². The lowest BCUT2D eigenvalue weighted by Crippen LogP contribution is -2.31. The number of rotatable bonds is 5. The molecule has 0 unspecified atom stereocenters. The van der Waals surface area contributed by atoms with Crippen molar-refractivity contribution in [1.29, 1.82) is 0 Å². The molecule has 0 saturated heterocycles. The van der Waals surface area contributed by atoms with Crippen molar-refractivity contribution in [2.75, 3.05) is 23.6 Å². The minimum absolute atomic E-state index is 0.141. The average Bonchev–Trinajstić information content (AvgIpc) is 3.04. The summed E-state index contributed by atoms with van der Waals surface area (Å²) >= 11 is 5.87. The van der Waals surface area contributed by atoms with E-state index in [-0.39, 0.29) is 31.6 Å². The summed E-state index contributed by atoms with van der Waals surface area (Å²) in [7, 11) is 0. The van der Waals surface area contributed by atoms with E-state index >= 15 is 0 Å². The first kappa shape index (κ1) is 17.1. The van der Waals surface area contributed by atoms with E-state index in [1.54, 1.807) is 42.5 Å². The maximum Gasteiger partial charge on any atom is 0.231 e. The first-order valence-corrected chi connectivity index (χ1v) is 8.14. The van der Waals surface area contributed by atoms with E-state index in [1.807, 2.05) is 0 Å². The molecule has 2 aromatic rings. The number of fused-ring (bicyclic) bond motifs is 1. The Bertz CT molecular complexity index is 792. The molecule has 130 valence electrons. The molecule has 2 amide bonds. The molecule has 3 rings (SSSR count). The van der Waals surface area contributed by atoms with E-state index in [2.05, 4.69) is 5.32 Å². The molecule has 0 aliphatic carbocycles. The number of carbonyl (C=O) groups excluding carboxylic acids is 2. The summed E-state index contributed by atoms with van der Waals surface area (Å²) in [5, 5.41) is 3.38. The number of nitrogens with zero attached hydrogens (tertiary/aromatic N) is 1. The topological polar surface area (TPSA) is 67.9 Å². The van der Waals surface area contributed by atoms with Crippen LogP contribution in [0, 0.1) is 0 Å². The van der Waals surface area contributed by atoms with Crippen LogP contribution in [0.3, 0.4) is 0 Å². The Labute approximate surface area is 150 Å². The van der Waals surface area contributed by atoms with Crippen LogP contribution in [0.2, 0.25) is 5.02 Å². The van der Waals surface area contributed by atoms with Crippen molar-refractivity contribution in [2.45, 2.75) is 13.3 Å². The lowest BCUT2D eigenvalue weighted by molar-refractivity contribution is -0.117. The van der Waals surface area contributed by atoms with Crippen molar-refractivity contribution < 1.29 is 19.1 Å². The molecule has 7 heteroatoms. The largest absolute Gasteiger partial charge is 0.454 e. The quantitative estimate of drug-likeness (QED) is 0.886. The SMILES string of the molecule is CC(=O)N(CCC(=O)Nc1ccc2c(c1)OCO2)c1ccc(Cl)cc1. The molecule has 1 aliphatic heterocycles. The fourth-order valence-corrected chi connectivity index (χ4v) is 2.63. The molecule has 0 bridgehead atoms. The summed E-state index contributed by atoms with van der Waals surface area (Å²) in [6, 6.07) is 12.1. The average molecular weight is 361 g/mol. The Hall–Kier alpha value is -2.73. The van der Waals surface area contributed by atoms with Crippen LogP contribution in [0.4, 0.5) is 11.4 Å². The van der Waals surface area contributed by atoms with Gasteiger partial charge in [-0.05, 0) is 36.4 Å². The van der Waals surface area contributed by atoms with Crippen LogP contribution in [0.25, 0.3) is 0 Å². The highest BCUT2D eigenvalue weighted by molar-refractivity contribution is 6.30. The molecule has 0 radical (unpaired) electrons. The molecule has 0 spiro atoms. The van der Waals surface area contributed by atoms with E-state index in [4.69, 9.17) is 21.1 Å². The predicted octanol–water partition coefficient (Wildman–Crippen LogP) is 3.45. The van der Waals surface area contributed by atoms with Crippen molar-refractivity contribution in [3.63, 3.8) is 0 Å². The molecule has 6 nitrogen and oxygen atoms in total. The van der Waals surface area contributed by atoms with Gasteiger partial charge in [-0.25, -0.2) is 0 Å². The molecule has 1 aliphatic rings. The van der Waals surface area contributed by atoms with E-state index in [0.717, 1.165) is 0 Å². The van der Waals surface area contributed by atoms with Crippen molar-refractivity contribution in [3.05, 3.63) is 47.5 Å². The van der Waals surface area contributed by atoms with Crippen molar-refractivity contribution in [1.82, 2.24) is 0 Å². The Kier molecular flexibility index (Phi) is 5.09. The smallest absolute Gasteiger partial charge is 0.231 e. The van der Waals surface area contributed by atoms with Gasteiger partial charge in [-0.3, -0.25) is 9.59 Å². The lowest BCUT2D eigenvalue weighted by atomic mass is 10.2. The molecule has 1 heterocycles. The summed E-state index contributed by atoms with van der Waals surface area (Å²) in [5.41, 5.74) is 1.32. The summed E-state index contributed by atoms with van der Waals surface area (Å²) < 4.78 is 10.5. The summed E-state index contributed by atoms with van der Waals surface area (Å²) in [6.07, 6.45) is 0.163. The number of ether oxygens (including phenoxy) is 2. The number of anilines is 2. The third kappa shape index (κ3) is 4.22. The number of halogens is 1. The Morgan fingerprint density at radius 2 is 1.84 bits per heavy atom. The predicted molar refractivity (Wildman–Crippen MR) is 95.3 cm³/mol. The van der Waals surface area contributed by atoms with Crippen LogP contribution < -0.4 is 19.7 Å². The molecule has 25 heavy (non-hydrogen) atoms. The monoisotopic (exact) mass is 360 g/mol. The highest BCUT2D eigenvalue weighted by Crippen LogP contribution is 2.34. The van der Waals surface area contributed by atoms with Crippen LogP contribution >= 0.6 is 11.6 Å². The highest BCUT2D eigenvalue weighted by atomic mass is 35.5. The molecule has 0 atom stereocenters. The molecular formula is C18H17ClN2O4. The second kappa shape index (κ2) is 7.44. The zero-order valence-electron chi connectivity index (χ0n) is 13.6. The first-order valence-electron chi connectivity index (χ1n) is 7.76. The zero-order valence-corrected chi connectivity index (χ0v) is 14.4. The molecular weight excluding hydrogens is 344 g/mol. The summed E-state index contributed by atoms with van der Waals surface area (Å²) in [5.74, 6) is 0.921. The van der Waals surface area contributed by atoms with Gasteiger partial charge in [0.15, 0.2) is 11.5 Å². The third-order valence-corrected chi connectivity index (χ3v) is 3.99. The number of hydrogen-bond donors (Lipinski definition) is 1. The maximum atomic E-state index is 12.2. The number of hydrogen-bond acceptors (Lipinski definition) is 4. The fourth-order valence-electron chi connectivity index (χ4n) is 2.50. The fraction of sp³-hybridized carbons (Fsp3) is 0.222. The Morgan fingerprint density at radius 1 is 1.12 bits per heavy atom. The molecule has 0 aromatic heterocycles. The Morgan fingerprint density at radius 3 is 2.56 bits per heavy atom. The zero-order chi connectivity index (χ0) is 17.8. The van der Waals surface area contributed by atoms with Crippen LogP contribution in [-0.4, -0.2) is 25.2 Å². The van der Waals surface area contributed by atoms with Gasteiger partial charge in [-0.2, -0.15) is 0 Å². The van der Waals surface area contributed by atoms with Crippen molar-refractivity contribution in [2.24, 2.45) is 0 Å². The first-order chi connectivity index (χ1) is 12.0. The molecule has 0 fully saturated rings. The van der Waals surface area contributed by atoms with Gasteiger partial charge in [0.1, 0.15) is 0 Å². The van der Waals surface area contributed by atoms with Gasteiger partial charge in [-0.1, -0.05) is 11.6 Å². The molecule has 1 N–H and O–H groups in total. The Balaban J connectivity index is 1.60. The number of amides is 2. The minimum Gasteiger partial charge on any atom is -0.454 e. The normalized spacial score (nSPS) is 11.9.